The SMILES string of the molecule is C[C@H]1C[C@@H](c2ccncc2NC(=O)c2ccc(F)c(-c3c(F)cc(C(C)(C)C(=O)O)cc3F)n2)C[C@@H](N)[C@]1(C)O. The van der Waals surface area contributed by atoms with Gasteiger partial charge < -0.3 is 21.3 Å². The van der Waals surface area contributed by atoms with Crippen molar-refractivity contribution in [1.82, 2.24) is 9.97 Å². The first-order valence-corrected chi connectivity index (χ1v) is 12.8. The highest BCUT2D eigenvalue weighted by Gasteiger charge is 2.42. The molecule has 5 N–H and O–H groups in total. The second kappa shape index (κ2) is 10.6. The molecule has 1 aliphatic carbocycles. The van der Waals surface area contributed by atoms with Crippen LogP contribution in [0.25, 0.3) is 11.3 Å². The van der Waals surface area contributed by atoms with E-state index in [1.807, 2.05) is 6.92 Å². The zero-order valence-electron chi connectivity index (χ0n) is 22.5. The quantitative estimate of drug-likeness (QED) is 0.343. The zero-order chi connectivity index (χ0) is 29.6. The predicted molar refractivity (Wildman–Crippen MR) is 142 cm³/mol. The molecule has 0 aliphatic heterocycles. The lowest BCUT2D eigenvalue weighted by Gasteiger charge is -2.44. The average molecular weight is 557 g/mol. The second-order valence-electron chi connectivity index (χ2n) is 11.1. The Labute approximate surface area is 229 Å². The number of carboxylic acids is 1. The van der Waals surface area contributed by atoms with Crippen LogP contribution in [-0.2, 0) is 10.2 Å². The summed E-state index contributed by atoms with van der Waals surface area (Å²) in [4.78, 5) is 32.7. The van der Waals surface area contributed by atoms with Gasteiger partial charge in [0.05, 0.1) is 28.5 Å². The predicted octanol–water partition coefficient (Wildman–Crippen LogP) is 4.77. The molecule has 8 nitrogen and oxygen atoms in total. The van der Waals surface area contributed by atoms with E-state index in [0.29, 0.717) is 18.5 Å². The Hall–Kier alpha value is -3.83. The monoisotopic (exact) mass is 556 g/mol. The van der Waals surface area contributed by atoms with E-state index in [9.17, 15) is 24.2 Å². The summed E-state index contributed by atoms with van der Waals surface area (Å²) in [7, 11) is 0. The molecule has 2 heterocycles. The standard InChI is InChI=1S/C29H31F3N4O4/c1-14-9-15(10-23(33)29(14,4)40)17-7-8-34-13-22(17)36-26(37)21-6-5-18(30)25(35-21)24-19(31)11-16(12-20(24)32)28(2,3)27(38)39/h5-8,11-15,23,40H,9-10,33H2,1-4H3,(H,36,37)(H,38,39)/t14-,15+,23+,29+/m0/s1. The zero-order valence-corrected chi connectivity index (χ0v) is 22.5. The van der Waals surface area contributed by atoms with E-state index in [0.717, 1.165) is 29.8 Å². The molecule has 0 spiro atoms. The smallest absolute Gasteiger partial charge is 0.313 e. The highest BCUT2D eigenvalue weighted by atomic mass is 19.1. The number of carbonyl (C=O) groups excluding carboxylic acids is 1. The molecule has 3 aromatic rings. The summed E-state index contributed by atoms with van der Waals surface area (Å²) in [6.45, 7) is 6.17. The Morgan fingerprint density at radius 3 is 2.35 bits per heavy atom. The first kappa shape index (κ1) is 29.2. The van der Waals surface area contributed by atoms with Crippen LogP contribution in [0.1, 0.15) is 68.1 Å². The van der Waals surface area contributed by atoms with Crippen molar-refractivity contribution in [2.75, 3.05) is 5.32 Å². The number of nitrogens with zero attached hydrogens (tertiary/aromatic N) is 2. The van der Waals surface area contributed by atoms with Gasteiger partial charge in [-0.3, -0.25) is 14.6 Å². The largest absolute Gasteiger partial charge is 0.481 e. The van der Waals surface area contributed by atoms with Crippen LogP contribution in [0.3, 0.4) is 0 Å². The molecule has 0 bridgehead atoms. The Morgan fingerprint density at radius 1 is 1.10 bits per heavy atom. The molecule has 1 aromatic carbocycles. The number of aliphatic carboxylic acids is 1. The molecule has 0 unspecified atom stereocenters. The first-order chi connectivity index (χ1) is 18.6. The summed E-state index contributed by atoms with van der Waals surface area (Å²) in [6, 6.07) is 4.84. The lowest BCUT2D eigenvalue weighted by molar-refractivity contribution is -0.142. The maximum atomic E-state index is 15.1. The fourth-order valence-electron chi connectivity index (χ4n) is 5.01. The van der Waals surface area contributed by atoms with Crippen LogP contribution in [0.15, 0.2) is 42.7 Å². The van der Waals surface area contributed by atoms with Crippen molar-refractivity contribution in [1.29, 1.82) is 0 Å². The number of benzene rings is 1. The minimum atomic E-state index is -1.61. The van der Waals surface area contributed by atoms with E-state index in [2.05, 4.69) is 15.3 Å². The van der Waals surface area contributed by atoms with E-state index in [1.165, 1.54) is 20.0 Å². The fraction of sp³-hybridized carbons (Fsp3) is 0.379. The maximum Gasteiger partial charge on any atom is 0.313 e. The van der Waals surface area contributed by atoms with Gasteiger partial charge in [-0.05, 0) is 86.9 Å². The van der Waals surface area contributed by atoms with Crippen molar-refractivity contribution in [3.05, 3.63) is 77.0 Å². The van der Waals surface area contributed by atoms with Gasteiger partial charge in [-0.2, -0.15) is 0 Å². The molecular formula is C29H31F3N4O4. The van der Waals surface area contributed by atoms with Crippen LogP contribution in [0, 0.1) is 23.4 Å². The molecular weight excluding hydrogens is 525 g/mol. The summed E-state index contributed by atoms with van der Waals surface area (Å²) in [5.74, 6) is -5.78. The van der Waals surface area contributed by atoms with E-state index >= 15 is 8.78 Å². The van der Waals surface area contributed by atoms with Gasteiger partial charge in [0.2, 0.25) is 0 Å². The number of halogens is 3. The highest BCUT2D eigenvalue weighted by molar-refractivity contribution is 6.03. The molecule has 1 fully saturated rings. The Kier molecular flexibility index (Phi) is 7.75. The van der Waals surface area contributed by atoms with Gasteiger partial charge in [0.15, 0.2) is 0 Å². The number of carbonyl (C=O) groups is 2. The Morgan fingerprint density at radius 2 is 1.75 bits per heavy atom. The van der Waals surface area contributed by atoms with Crippen LogP contribution in [0.4, 0.5) is 18.9 Å². The van der Waals surface area contributed by atoms with Crippen molar-refractivity contribution in [3.63, 3.8) is 0 Å². The summed E-state index contributed by atoms with van der Waals surface area (Å²) in [5.41, 5.74) is 2.69. The average Bonchev–Trinajstić information content (AvgIpc) is 2.88. The van der Waals surface area contributed by atoms with E-state index in [4.69, 9.17) is 5.73 Å². The summed E-state index contributed by atoms with van der Waals surface area (Å²) >= 11 is 0. The molecule has 0 radical (unpaired) electrons. The lowest BCUT2D eigenvalue weighted by atomic mass is 9.68. The minimum Gasteiger partial charge on any atom is -0.481 e. The van der Waals surface area contributed by atoms with Crippen LogP contribution in [0.2, 0.25) is 0 Å². The van der Waals surface area contributed by atoms with Crippen LogP contribution in [0.5, 0.6) is 0 Å². The minimum absolute atomic E-state index is 0.0861. The number of rotatable bonds is 6. The number of aromatic nitrogens is 2. The summed E-state index contributed by atoms with van der Waals surface area (Å²) in [5, 5.41) is 22.8. The van der Waals surface area contributed by atoms with Gasteiger partial charge >= 0.3 is 5.97 Å². The molecule has 40 heavy (non-hydrogen) atoms. The molecule has 2 aromatic heterocycles. The molecule has 0 saturated heterocycles. The molecule has 11 heteroatoms. The van der Waals surface area contributed by atoms with Gasteiger partial charge in [-0.25, -0.2) is 18.2 Å². The van der Waals surface area contributed by atoms with Gasteiger partial charge in [0.25, 0.3) is 5.91 Å². The number of carboxylic acid groups (broad SMARTS) is 1. The number of nitrogens with one attached hydrogen (secondary N) is 1. The van der Waals surface area contributed by atoms with E-state index in [1.54, 1.807) is 19.2 Å². The Balaban J connectivity index is 1.65. The van der Waals surface area contributed by atoms with Crippen molar-refractivity contribution in [2.45, 2.75) is 63.5 Å². The molecule has 1 aliphatic rings. The summed E-state index contributed by atoms with van der Waals surface area (Å²) in [6.07, 6.45) is 4.10. The fourth-order valence-corrected chi connectivity index (χ4v) is 5.01. The number of aliphatic hydroxyl groups is 1. The summed E-state index contributed by atoms with van der Waals surface area (Å²) < 4.78 is 44.8. The van der Waals surface area contributed by atoms with Crippen LogP contribution in [-0.4, -0.2) is 43.7 Å². The van der Waals surface area contributed by atoms with Crippen LogP contribution < -0.4 is 11.1 Å². The van der Waals surface area contributed by atoms with Gasteiger partial charge in [-0.1, -0.05) is 6.92 Å². The third kappa shape index (κ3) is 5.31. The van der Waals surface area contributed by atoms with Gasteiger partial charge in [0.1, 0.15) is 28.8 Å². The van der Waals surface area contributed by atoms with Gasteiger partial charge in [0, 0.05) is 12.2 Å². The lowest BCUT2D eigenvalue weighted by Crippen LogP contribution is -2.54. The number of amides is 1. The second-order valence-corrected chi connectivity index (χ2v) is 11.1. The van der Waals surface area contributed by atoms with Crippen molar-refractivity contribution in [3.8, 4) is 11.3 Å². The Bertz CT molecular complexity index is 1440. The first-order valence-electron chi connectivity index (χ1n) is 12.8. The molecule has 212 valence electrons. The highest BCUT2D eigenvalue weighted by Crippen LogP contribution is 2.43. The normalized spacial score (nSPS) is 23.1. The van der Waals surface area contributed by atoms with Crippen molar-refractivity contribution in [2.24, 2.45) is 11.7 Å². The van der Waals surface area contributed by atoms with Crippen molar-refractivity contribution >= 4 is 17.6 Å². The topological polar surface area (TPSA) is 138 Å². The number of nitrogens with two attached hydrogens (primary N) is 1. The van der Waals surface area contributed by atoms with E-state index < -0.39 is 57.6 Å². The number of pyridine rings is 2. The van der Waals surface area contributed by atoms with E-state index in [-0.39, 0.29) is 23.1 Å². The van der Waals surface area contributed by atoms with Crippen molar-refractivity contribution < 1.29 is 33.0 Å². The number of hydrogen-bond donors (Lipinski definition) is 4. The van der Waals surface area contributed by atoms with Gasteiger partial charge in [-0.15, -0.1) is 0 Å². The molecule has 1 saturated carbocycles. The molecule has 4 atom stereocenters. The maximum absolute atomic E-state index is 15.1. The number of anilines is 1. The third-order valence-electron chi connectivity index (χ3n) is 8.08. The third-order valence-corrected chi connectivity index (χ3v) is 8.08. The molecule has 4 rings (SSSR count). The van der Waals surface area contributed by atoms with Crippen LogP contribution >= 0.6 is 0 Å². The molecule has 1 amide bonds. The number of hydrogen-bond acceptors (Lipinski definition) is 6.